The molecule has 17 heavy (non-hydrogen) atoms. The van der Waals surface area contributed by atoms with Crippen LogP contribution in [0.25, 0.3) is 0 Å². The summed E-state index contributed by atoms with van der Waals surface area (Å²) in [4.78, 5) is 11.5. The van der Waals surface area contributed by atoms with Crippen LogP contribution < -0.4 is 10.0 Å². The molecule has 94 valence electrons. The maximum absolute atomic E-state index is 11.5. The lowest BCUT2D eigenvalue weighted by atomic mass is 10.2. The Morgan fingerprint density at radius 1 is 1.29 bits per heavy atom. The summed E-state index contributed by atoms with van der Waals surface area (Å²) < 4.78 is 25.1. The highest BCUT2D eigenvalue weighted by atomic mass is 32.2. The average Bonchev–Trinajstić information content (AvgIpc) is 2.29. The van der Waals surface area contributed by atoms with Crippen molar-refractivity contribution in [2.45, 2.75) is 13.8 Å². The van der Waals surface area contributed by atoms with Crippen LogP contribution >= 0.6 is 0 Å². The molecule has 1 amide bonds. The Labute approximate surface area is 101 Å². The first kappa shape index (κ1) is 13.5. The van der Waals surface area contributed by atoms with Crippen LogP contribution in [-0.4, -0.2) is 26.6 Å². The molecule has 6 heteroatoms. The Morgan fingerprint density at radius 3 is 2.59 bits per heavy atom. The predicted molar refractivity (Wildman–Crippen MR) is 67.5 cm³/mol. The molecule has 0 aliphatic carbocycles. The van der Waals surface area contributed by atoms with E-state index in [4.69, 9.17) is 0 Å². The highest BCUT2D eigenvalue weighted by Gasteiger charge is 2.09. The summed E-state index contributed by atoms with van der Waals surface area (Å²) in [7, 11) is -3.31. The van der Waals surface area contributed by atoms with Gasteiger partial charge in [0.05, 0.1) is 5.75 Å². The molecule has 0 unspecified atom stereocenters. The van der Waals surface area contributed by atoms with E-state index in [1.165, 1.54) is 6.07 Å². The molecule has 1 aromatic rings. The van der Waals surface area contributed by atoms with E-state index >= 15 is 0 Å². The lowest BCUT2D eigenvalue weighted by Gasteiger charge is -2.07. The zero-order valence-corrected chi connectivity index (χ0v) is 10.7. The first-order valence-electron chi connectivity index (χ1n) is 5.37. The third-order valence-corrected chi connectivity index (χ3v) is 3.42. The minimum absolute atomic E-state index is 0.00160. The van der Waals surface area contributed by atoms with Gasteiger partial charge in [0.15, 0.2) is 0 Å². The summed E-state index contributed by atoms with van der Waals surface area (Å²) in [5.74, 6) is -0.219. The number of hydrogen-bond acceptors (Lipinski definition) is 3. The summed E-state index contributed by atoms with van der Waals surface area (Å²) in [6.07, 6.45) is 0. The molecule has 0 bridgehead atoms. The predicted octanol–water partition coefficient (Wildman–Crippen LogP) is 1.20. The summed E-state index contributed by atoms with van der Waals surface area (Å²) in [6.45, 7) is 3.90. The fourth-order valence-corrected chi connectivity index (χ4v) is 1.87. The molecule has 0 heterocycles. The van der Waals surface area contributed by atoms with Crippen LogP contribution in [0.5, 0.6) is 0 Å². The van der Waals surface area contributed by atoms with Gasteiger partial charge in [-0.1, -0.05) is 6.07 Å². The summed E-state index contributed by atoms with van der Waals surface area (Å²) in [6, 6.07) is 6.39. The van der Waals surface area contributed by atoms with Crippen molar-refractivity contribution in [2.75, 3.05) is 17.0 Å². The molecule has 0 aromatic heterocycles. The molecule has 0 aliphatic rings. The largest absolute Gasteiger partial charge is 0.352 e. The van der Waals surface area contributed by atoms with Crippen molar-refractivity contribution < 1.29 is 13.2 Å². The highest BCUT2D eigenvalue weighted by molar-refractivity contribution is 7.92. The third-order valence-electron chi connectivity index (χ3n) is 2.12. The molecule has 0 aliphatic heterocycles. The average molecular weight is 256 g/mol. The molecule has 0 saturated carbocycles. The zero-order valence-electron chi connectivity index (χ0n) is 9.86. The fourth-order valence-electron chi connectivity index (χ4n) is 1.24. The second-order valence-corrected chi connectivity index (χ2v) is 5.46. The molecule has 2 N–H and O–H groups in total. The minimum atomic E-state index is -3.31. The molecule has 0 spiro atoms. The second-order valence-electron chi connectivity index (χ2n) is 3.45. The number of rotatable bonds is 5. The van der Waals surface area contributed by atoms with E-state index in [1.54, 1.807) is 25.1 Å². The van der Waals surface area contributed by atoms with Crippen molar-refractivity contribution in [3.05, 3.63) is 29.8 Å². The van der Waals surface area contributed by atoms with Gasteiger partial charge in [0.1, 0.15) is 0 Å². The minimum Gasteiger partial charge on any atom is -0.352 e. The number of carbonyl (C=O) groups is 1. The van der Waals surface area contributed by atoms with Crippen molar-refractivity contribution in [1.82, 2.24) is 5.32 Å². The number of hydrogen-bond donors (Lipinski definition) is 2. The number of amides is 1. The molecule has 0 saturated heterocycles. The normalized spacial score (nSPS) is 10.9. The van der Waals surface area contributed by atoms with Crippen molar-refractivity contribution in [3.63, 3.8) is 0 Å². The Balaban J connectivity index is 2.90. The fraction of sp³-hybridized carbons (Fsp3) is 0.364. The van der Waals surface area contributed by atoms with Gasteiger partial charge in [0, 0.05) is 17.8 Å². The van der Waals surface area contributed by atoms with Gasteiger partial charge in [-0.25, -0.2) is 8.42 Å². The molecule has 5 nitrogen and oxygen atoms in total. The van der Waals surface area contributed by atoms with Gasteiger partial charge in [0.25, 0.3) is 5.91 Å². The number of carbonyl (C=O) groups excluding carboxylic acids is 1. The van der Waals surface area contributed by atoms with E-state index in [0.29, 0.717) is 17.8 Å². The number of nitrogens with one attached hydrogen (secondary N) is 2. The van der Waals surface area contributed by atoms with Crippen LogP contribution in [0.3, 0.4) is 0 Å². The Hall–Kier alpha value is -1.56. The summed E-state index contributed by atoms with van der Waals surface area (Å²) in [5.41, 5.74) is 0.832. The quantitative estimate of drug-likeness (QED) is 0.831. The highest BCUT2D eigenvalue weighted by Crippen LogP contribution is 2.12. The Morgan fingerprint density at radius 2 is 2.00 bits per heavy atom. The van der Waals surface area contributed by atoms with E-state index in [9.17, 15) is 13.2 Å². The van der Waals surface area contributed by atoms with Gasteiger partial charge in [-0.2, -0.15) is 0 Å². The van der Waals surface area contributed by atoms with Crippen LogP contribution in [-0.2, 0) is 10.0 Å². The van der Waals surface area contributed by atoms with Crippen molar-refractivity contribution in [1.29, 1.82) is 0 Å². The van der Waals surface area contributed by atoms with Gasteiger partial charge in [0.2, 0.25) is 10.0 Å². The Bertz CT molecular complexity index is 497. The third kappa shape index (κ3) is 4.07. The van der Waals surface area contributed by atoms with Gasteiger partial charge < -0.3 is 5.32 Å². The maximum Gasteiger partial charge on any atom is 0.251 e. The molecule has 1 rings (SSSR count). The Kier molecular flexibility index (Phi) is 4.51. The van der Waals surface area contributed by atoms with Gasteiger partial charge in [-0.15, -0.1) is 0 Å². The van der Waals surface area contributed by atoms with Gasteiger partial charge >= 0.3 is 0 Å². The number of sulfonamides is 1. The van der Waals surface area contributed by atoms with E-state index in [-0.39, 0.29) is 11.7 Å². The van der Waals surface area contributed by atoms with Crippen LogP contribution in [0, 0.1) is 0 Å². The van der Waals surface area contributed by atoms with Crippen molar-refractivity contribution in [3.8, 4) is 0 Å². The molecule has 0 atom stereocenters. The van der Waals surface area contributed by atoms with Crippen molar-refractivity contribution in [2.24, 2.45) is 0 Å². The van der Waals surface area contributed by atoms with E-state index < -0.39 is 10.0 Å². The second kappa shape index (κ2) is 5.67. The smallest absolute Gasteiger partial charge is 0.251 e. The zero-order chi connectivity index (χ0) is 12.9. The molecule has 0 radical (unpaired) electrons. The van der Waals surface area contributed by atoms with Gasteiger partial charge in [-0.05, 0) is 32.0 Å². The van der Waals surface area contributed by atoms with Crippen LogP contribution in [0.15, 0.2) is 24.3 Å². The maximum atomic E-state index is 11.5. The molecular weight excluding hydrogens is 240 g/mol. The lowest BCUT2D eigenvalue weighted by molar-refractivity contribution is 0.0956. The summed E-state index contributed by atoms with van der Waals surface area (Å²) in [5, 5.41) is 2.65. The lowest BCUT2D eigenvalue weighted by Crippen LogP contribution is -2.23. The molecular formula is C11H16N2O3S. The standard InChI is InChI=1S/C11H16N2O3S/c1-3-12-11(14)9-6-5-7-10(8-9)13-17(15,16)4-2/h5-8,13H,3-4H2,1-2H3,(H,12,14). The monoisotopic (exact) mass is 256 g/mol. The SMILES string of the molecule is CCNC(=O)c1cccc(NS(=O)(=O)CC)c1. The van der Waals surface area contributed by atoms with E-state index in [0.717, 1.165) is 0 Å². The van der Waals surface area contributed by atoms with Crippen molar-refractivity contribution >= 4 is 21.6 Å². The first-order chi connectivity index (χ1) is 7.98. The van der Waals surface area contributed by atoms with Gasteiger partial charge in [-0.3, -0.25) is 9.52 Å². The number of anilines is 1. The molecule has 1 aromatic carbocycles. The number of benzene rings is 1. The summed E-state index contributed by atoms with van der Waals surface area (Å²) >= 11 is 0. The van der Waals surface area contributed by atoms with E-state index in [2.05, 4.69) is 10.0 Å². The van der Waals surface area contributed by atoms with Crippen LogP contribution in [0.1, 0.15) is 24.2 Å². The van der Waals surface area contributed by atoms with Crippen LogP contribution in [0.4, 0.5) is 5.69 Å². The van der Waals surface area contributed by atoms with Crippen LogP contribution in [0.2, 0.25) is 0 Å². The van der Waals surface area contributed by atoms with E-state index in [1.807, 2.05) is 6.92 Å². The molecule has 0 fully saturated rings. The topological polar surface area (TPSA) is 75.3 Å². The first-order valence-corrected chi connectivity index (χ1v) is 7.02.